The van der Waals surface area contributed by atoms with E-state index in [2.05, 4.69) is 5.32 Å². The molecule has 2 aliphatic rings. The molecule has 0 spiro atoms. The van der Waals surface area contributed by atoms with Crippen LogP contribution in [0.3, 0.4) is 0 Å². The number of thiocarbonyl (C=S) groups is 1. The third-order valence-electron chi connectivity index (χ3n) is 3.88. The summed E-state index contributed by atoms with van der Waals surface area (Å²) in [7, 11) is 0. The first-order valence-electron chi connectivity index (χ1n) is 7.45. The molecule has 0 saturated carbocycles. The molecule has 0 bridgehead atoms. The fraction of sp³-hybridized carbons (Fsp3) is 0.111. The third kappa shape index (κ3) is 2.51. The Morgan fingerprint density at radius 2 is 1.88 bits per heavy atom. The third-order valence-corrected chi connectivity index (χ3v) is 4.16. The van der Waals surface area contributed by atoms with Gasteiger partial charge in [0.25, 0.3) is 5.91 Å². The van der Waals surface area contributed by atoms with E-state index in [9.17, 15) is 4.79 Å². The van der Waals surface area contributed by atoms with Gasteiger partial charge in [-0.2, -0.15) is 0 Å². The number of amides is 1. The summed E-state index contributed by atoms with van der Waals surface area (Å²) in [5, 5.41) is 3.35. The SMILES string of the molecule is Cc1ccc(N2C(=O)/C(=C\c3ccc4c(c3)OCO4)NC2=S)cc1. The molecule has 120 valence electrons. The molecule has 2 aromatic rings. The number of rotatable bonds is 2. The van der Waals surface area contributed by atoms with Crippen molar-refractivity contribution in [2.24, 2.45) is 0 Å². The lowest BCUT2D eigenvalue weighted by molar-refractivity contribution is -0.113. The summed E-state index contributed by atoms with van der Waals surface area (Å²) < 4.78 is 10.7. The minimum Gasteiger partial charge on any atom is -0.454 e. The maximum Gasteiger partial charge on any atom is 0.281 e. The molecular weight excluding hydrogens is 324 g/mol. The van der Waals surface area contributed by atoms with E-state index < -0.39 is 0 Å². The van der Waals surface area contributed by atoms with Gasteiger partial charge in [-0.25, -0.2) is 0 Å². The zero-order valence-electron chi connectivity index (χ0n) is 12.9. The van der Waals surface area contributed by atoms with E-state index in [1.165, 1.54) is 4.90 Å². The van der Waals surface area contributed by atoms with E-state index in [-0.39, 0.29) is 12.7 Å². The summed E-state index contributed by atoms with van der Waals surface area (Å²) in [5.41, 5.74) is 3.14. The van der Waals surface area contributed by atoms with Gasteiger partial charge in [-0.05, 0) is 55.0 Å². The van der Waals surface area contributed by atoms with Gasteiger partial charge in [0.05, 0.1) is 5.69 Å². The van der Waals surface area contributed by atoms with Gasteiger partial charge in [0, 0.05) is 0 Å². The quantitative estimate of drug-likeness (QED) is 0.674. The van der Waals surface area contributed by atoms with Crippen LogP contribution in [0, 0.1) is 6.92 Å². The Hall–Kier alpha value is -2.86. The molecule has 0 aromatic heterocycles. The second-order valence-electron chi connectivity index (χ2n) is 5.58. The van der Waals surface area contributed by atoms with Crippen molar-refractivity contribution in [3.05, 3.63) is 59.3 Å². The van der Waals surface area contributed by atoms with Crippen LogP contribution in [0.5, 0.6) is 11.5 Å². The van der Waals surface area contributed by atoms with E-state index in [1.54, 1.807) is 6.08 Å². The average molecular weight is 338 g/mol. The predicted octanol–water partition coefficient (Wildman–Crippen LogP) is 2.99. The van der Waals surface area contributed by atoms with Crippen molar-refractivity contribution in [1.29, 1.82) is 0 Å². The van der Waals surface area contributed by atoms with Gasteiger partial charge >= 0.3 is 0 Å². The Morgan fingerprint density at radius 3 is 2.67 bits per heavy atom. The van der Waals surface area contributed by atoms with Crippen LogP contribution < -0.4 is 19.7 Å². The second kappa shape index (κ2) is 5.65. The zero-order valence-corrected chi connectivity index (χ0v) is 13.7. The molecule has 2 aromatic carbocycles. The molecule has 0 aliphatic carbocycles. The highest BCUT2D eigenvalue weighted by Crippen LogP contribution is 2.33. The van der Waals surface area contributed by atoms with Crippen LogP contribution in [-0.4, -0.2) is 17.8 Å². The summed E-state index contributed by atoms with van der Waals surface area (Å²) in [6, 6.07) is 13.2. The molecule has 6 heteroatoms. The van der Waals surface area contributed by atoms with Crippen LogP contribution in [0.1, 0.15) is 11.1 Å². The molecule has 2 heterocycles. The molecule has 4 rings (SSSR count). The summed E-state index contributed by atoms with van der Waals surface area (Å²) in [6.07, 6.45) is 1.75. The number of nitrogens with one attached hydrogen (secondary N) is 1. The topological polar surface area (TPSA) is 50.8 Å². The van der Waals surface area contributed by atoms with Crippen LogP contribution in [0.2, 0.25) is 0 Å². The Bertz CT molecular complexity index is 874. The van der Waals surface area contributed by atoms with Crippen LogP contribution in [-0.2, 0) is 4.79 Å². The van der Waals surface area contributed by atoms with E-state index in [1.807, 2.05) is 49.4 Å². The van der Waals surface area contributed by atoms with Gasteiger partial charge in [-0.1, -0.05) is 23.8 Å². The lowest BCUT2D eigenvalue weighted by Crippen LogP contribution is -2.30. The van der Waals surface area contributed by atoms with Crippen LogP contribution >= 0.6 is 12.2 Å². The van der Waals surface area contributed by atoms with Gasteiger partial charge in [0.15, 0.2) is 16.6 Å². The first kappa shape index (κ1) is 14.7. The molecule has 2 aliphatic heterocycles. The smallest absolute Gasteiger partial charge is 0.281 e. The first-order valence-corrected chi connectivity index (χ1v) is 7.86. The standard InChI is InChI=1S/C18H14N2O3S/c1-11-2-5-13(6-3-11)20-17(21)14(19-18(20)24)8-12-4-7-15-16(9-12)23-10-22-15/h2-9H,10H2,1H3,(H,19,24)/b14-8+. The minimum absolute atomic E-state index is 0.179. The van der Waals surface area contributed by atoms with Crippen molar-refractivity contribution in [2.75, 3.05) is 11.7 Å². The summed E-state index contributed by atoms with van der Waals surface area (Å²) in [4.78, 5) is 14.2. The number of carbonyl (C=O) groups excluding carboxylic acids is 1. The molecule has 0 radical (unpaired) electrons. The van der Waals surface area contributed by atoms with Crippen LogP contribution in [0.4, 0.5) is 5.69 Å². The zero-order chi connectivity index (χ0) is 16.7. The molecule has 1 fully saturated rings. The number of ether oxygens (including phenoxy) is 2. The number of benzene rings is 2. The van der Waals surface area contributed by atoms with Gasteiger partial charge < -0.3 is 14.8 Å². The predicted molar refractivity (Wildman–Crippen MR) is 94.9 cm³/mol. The second-order valence-corrected chi connectivity index (χ2v) is 5.96. The van der Waals surface area contributed by atoms with Crippen molar-refractivity contribution in [3.8, 4) is 11.5 Å². The summed E-state index contributed by atoms with van der Waals surface area (Å²) in [6.45, 7) is 2.22. The minimum atomic E-state index is -0.179. The van der Waals surface area contributed by atoms with E-state index >= 15 is 0 Å². The number of aryl methyl sites for hydroxylation is 1. The molecule has 1 amide bonds. The van der Waals surface area contributed by atoms with E-state index in [0.29, 0.717) is 22.3 Å². The maximum atomic E-state index is 12.7. The van der Waals surface area contributed by atoms with Gasteiger partial charge in [0.1, 0.15) is 5.70 Å². The van der Waals surface area contributed by atoms with Crippen LogP contribution in [0.15, 0.2) is 48.2 Å². The number of hydrogen-bond donors (Lipinski definition) is 1. The van der Waals surface area contributed by atoms with Crippen molar-refractivity contribution >= 4 is 35.0 Å². The highest BCUT2D eigenvalue weighted by atomic mass is 32.1. The number of anilines is 1. The number of hydrogen-bond acceptors (Lipinski definition) is 4. The molecular formula is C18H14N2O3S. The number of carbonyl (C=O) groups is 1. The summed E-state index contributed by atoms with van der Waals surface area (Å²) in [5.74, 6) is 1.20. The Kier molecular flexibility index (Phi) is 3.46. The van der Waals surface area contributed by atoms with E-state index in [0.717, 1.165) is 16.8 Å². The Labute approximate surface area is 144 Å². The molecule has 24 heavy (non-hydrogen) atoms. The molecule has 5 nitrogen and oxygen atoms in total. The highest BCUT2D eigenvalue weighted by molar-refractivity contribution is 7.80. The van der Waals surface area contributed by atoms with Gasteiger partial charge in [-0.15, -0.1) is 0 Å². The first-order chi connectivity index (χ1) is 11.6. The molecule has 1 saturated heterocycles. The Morgan fingerprint density at radius 1 is 1.12 bits per heavy atom. The number of fused-ring (bicyclic) bond motifs is 1. The van der Waals surface area contributed by atoms with Gasteiger partial charge in [0.2, 0.25) is 6.79 Å². The normalized spacial score (nSPS) is 17.5. The summed E-state index contributed by atoms with van der Waals surface area (Å²) >= 11 is 5.31. The monoisotopic (exact) mass is 338 g/mol. The van der Waals surface area contributed by atoms with Crippen molar-refractivity contribution in [1.82, 2.24) is 5.32 Å². The van der Waals surface area contributed by atoms with Crippen molar-refractivity contribution < 1.29 is 14.3 Å². The van der Waals surface area contributed by atoms with Crippen LogP contribution in [0.25, 0.3) is 6.08 Å². The highest BCUT2D eigenvalue weighted by Gasteiger charge is 2.31. The molecule has 1 N–H and O–H groups in total. The largest absolute Gasteiger partial charge is 0.454 e. The lowest BCUT2D eigenvalue weighted by Gasteiger charge is -2.13. The lowest BCUT2D eigenvalue weighted by atomic mass is 10.1. The Balaban J connectivity index is 1.64. The van der Waals surface area contributed by atoms with Gasteiger partial charge in [-0.3, -0.25) is 9.69 Å². The molecule has 0 unspecified atom stereocenters. The van der Waals surface area contributed by atoms with Crippen molar-refractivity contribution in [3.63, 3.8) is 0 Å². The van der Waals surface area contributed by atoms with E-state index in [4.69, 9.17) is 21.7 Å². The fourth-order valence-electron chi connectivity index (χ4n) is 2.63. The maximum absolute atomic E-state index is 12.7. The molecule has 0 atom stereocenters. The number of nitrogens with zero attached hydrogens (tertiary/aromatic N) is 1. The average Bonchev–Trinajstić information content (AvgIpc) is 3.13. The van der Waals surface area contributed by atoms with Crippen molar-refractivity contribution in [2.45, 2.75) is 6.92 Å². The fourth-order valence-corrected chi connectivity index (χ4v) is 2.93.